The number of unbranched alkanes of at least 4 members (excludes halogenated alkanes) is 1. The number of hydrogen-bond donors (Lipinski definition) is 0. The fraction of sp³-hybridized carbons (Fsp3) is 0.750. The summed E-state index contributed by atoms with van der Waals surface area (Å²) < 4.78 is 0. The molecule has 0 aliphatic rings. The van der Waals surface area contributed by atoms with Crippen LogP contribution in [0.4, 0.5) is 0 Å². The highest BCUT2D eigenvalue weighted by Crippen LogP contribution is 2.07. The smallest absolute Gasteiger partial charge is 0.0953 e. The predicted molar refractivity (Wildman–Crippen MR) is 43.9 cm³/mol. The Morgan fingerprint density at radius 3 is 2.80 bits per heavy atom. The summed E-state index contributed by atoms with van der Waals surface area (Å²) in [4.78, 5) is 10.1. The monoisotopic (exact) mass is 141 g/mol. The van der Waals surface area contributed by atoms with Crippen LogP contribution in [0.5, 0.6) is 0 Å². The summed E-state index contributed by atoms with van der Waals surface area (Å²) in [6.07, 6.45) is 5.60. The summed E-state index contributed by atoms with van der Waals surface area (Å²) in [7, 11) is 0. The summed E-state index contributed by atoms with van der Waals surface area (Å²) in [5.41, 5.74) is 0. The van der Waals surface area contributed by atoms with E-state index in [-0.39, 0.29) is 6.04 Å². The summed E-state index contributed by atoms with van der Waals surface area (Å²) in [5, 5.41) is 2.99. The molecular weight excluding hydrogens is 126 g/mol. The zero-order valence-electron chi connectivity index (χ0n) is 6.55. The van der Waals surface area contributed by atoms with Crippen LogP contribution in [-0.4, -0.2) is 6.04 Å². The van der Waals surface area contributed by atoms with Crippen LogP contribution in [0.1, 0.15) is 32.6 Å². The third-order valence-corrected chi connectivity index (χ3v) is 1.48. The van der Waals surface area contributed by atoms with Gasteiger partial charge in [0, 0.05) is 0 Å². The molecule has 0 spiro atoms. The Hall–Kier alpha value is -0.660. The molecule has 0 aliphatic heterocycles. The van der Waals surface area contributed by atoms with Gasteiger partial charge in [0.15, 0.2) is 0 Å². The second kappa shape index (κ2) is 6.46. The molecule has 0 aromatic carbocycles. The molecule has 1 unspecified atom stereocenters. The number of nitroso groups, excluding NO2 is 1. The van der Waals surface area contributed by atoms with Crippen molar-refractivity contribution in [2.45, 2.75) is 38.6 Å². The molecule has 0 saturated carbocycles. The molecule has 58 valence electrons. The fourth-order valence-electron chi connectivity index (χ4n) is 0.846. The Kier molecular flexibility index (Phi) is 6.03. The maximum absolute atomic E-state index is 10.1. The van der Waals surface area contributed by atoms with Gasteiger partial charge >= 0.3 is 0 Å². The normalized spacial score (nSPS) is 12.5. The molecule has 0 aliphatic carbocycles. The largest absolute Gasteiger partial charge is 0.151 e. The molecule has 2 nitrogen and oxygen atoms in total. The lowest BCUT2D eigenvalue weighted by Crippen LogP contribution is -2.00. The van der Waals surface area contributed by atoms with Crippen molar-refractivity contribution in [1.29, 1.82) is 0 Å². The van der Waals surface area contributed by atoms with Gasteiger partial charge in [-0.2, -0.15) is 4.91 Å². The lowest BCUT2D eigenvalue weighted by Gasteiger charge is -2.02. The van der Waals surface area contributed by atoms with Crippen LogP contribution < -0.4 is 0 Å². The molecule has 1 atom stereocenters. The van der Waals surface area contributed by atoms with E-state index in [2.05, 4.69) is 18.7 Å². The molecule has 0 aromatic heterocycles. The van der Waals surface area contributed by atoms with Crippen LogP contribution in [-0.2, 0) is 0 Å². The maximum atomic E-state index is 10.1. The van der Waals surface area contributed by atoms with E-state index in [1.807, 2.05) is 0 Å². The Labute approximate surface area is 62.3 Å². The molecule has 0 aromatic rings. The first-order valence-corrected chi connectivity index (χ1v) is 3.78. The minimum Gasteiger partial charge on any atom is -0.151 e. The minimum atomic E-state index is -0.0301. The minimum absolute atomic E-state index is 0.0301. The van der Waals surface area contributed by atoms with Crippen LogP contribution in [0.2, 0.25) is 0 Å². The average Bonchev–Trinajstić information content (AvgIpc) is 1.98. The zero-order chi connectivity index (χ0) is 7.82. The SMILES string of the molecule is C=CCC(CCCC)N=O. The molecule has 0 N–H and O–H groups in total. The van der Waals surface area contributed by atoms with E-state index >= 15 is 0 Å². The molecule has 0 fully saturated rings. The number of rotatable bonds is 6. The standard InChI is InChI=1S/C8H15NO/c1-3-5-7-8(9-10)6-4-2/h4,8H,2-3,5-7H2,1H3. The first-order chi connectivity index (χ1) is 4.85. The van der Waals surface area contributed by atoms with Crippen molar-refractivity contribution in [1.82, 2.24) is 0 Å². The Morgan fingerprint density at radius 1 is 1.70 bits per heavy atom. The van der Waals surface area contributed by atoms with Crippen molar-refractivity contribution in [3.8, 4) is 0 Å². The van der Waals surface area contributed by atoms with E-state index in [1.54, 1.807) is 6.08 Å². The molecule has 0 saturated heterocycles. The van der Waals surface area contributed by atoms with Gasteiger partial charge in [-0.05, 0) is 12.8 Å². The van der Waals surface area contributed by atoms with Crippen LogP contribution in [0.3, 0.4) is 0 Å². The second-order valence-corrected chi connectivity index (χ2v) is 2.43. The van der Waals surface area contributed by atoms with E-state index in [0.29, 0.717) is 0 Å². The molecule has 10 heavy (non-hydrogen) atoms. The van der Waals surface area contributed by atoms with Crippen molar-refractivity contribution in [3.05, 3.63) is 17.6 Å². The van der Waals surface area contributed by atoms with Crippen molar-refractivity contribution >= 4 is 0 Å². The number of nitrogens with zero attached hydrogens (tertiary/aromatic N) is 1. The summed E-state index contributed by atoms with van der Waals surface area (Å²) in [6.45, 7) is 5.66. The summed E-state index contributed by atoms with van der Waals surface area (Å²) >= 11 is 0. The van der Waals surface area contributed by atoms with Gasteiger partial charge in [-0.15, -0.1) is 6.58 Å². The van der Waals surface area contributed by atoms with Gasteiger partial charge in [-0.1, -0.05) is 31.0 Å². The lowest BCUT2D eigenvalue weighted by molar-refractivity contribution is 0.581. The topological polar surface area (TPSA) is 29.4 Å². The van der Waals surface area contributed by atoms with Crippen molar-refractivity contribution in [2.24, 2.45) is 5.18 Å². The molecule has 0 radical (unpaired) electrons. The van der Waals surface area contributed by atoms with E-state index in [0.717, 1.165) is 25.7 Å². The molecule has 0 bridgehead atoms. The van der Waals surface area contributed by atoms with Gasteiger partial charge in [-0.25, -0.2) is 0 Å². The zero-order valence-corrected chi connectivity index (χ0v) is 6.55. The predicted octanol–water partition coefficient (Wildman–Crippen LogP) is 2.89. The van der Waals surface area contributed by atoms with Gasteiger partial charge in [-0.3, -0.25) is 0 Å². The number of hydrogen-bond acceptors (Lipinski definition) is 2. The van der Waals surface area contributed by atoms with Gasteiger partial charge in [0.1, 0.15) is 0 Å². The van der Waals surface area contributed by atoms with E-state index in [1.165, 1.54) is 0 Å². The van der Waals surface area contributed by atoms with E-state index in [4.69, 9.17) is 0 Å². The quantitative estimate of drug-likeness (QED) is 0.413. The van der Waals surface area contributed by atoms with Crippen molar-refractivity contribution in [3.63, 3.8) is 0 Å². The van der Waals surface area contributed by atoms with Crippen LogP contribution >= 0.6 is 0 Å². The highest BCUT2D eigenvalue weighted by molar-refractivity contribution is 4.77. The molecule has 0 amide bonds. The van der Waals surface area contributed by atoms with Gasteiger partial charge in [0.2, 0.25) is 0 Å². The van der Waals surface area contributed by atoms with E-state index in [9.17, 15) is 4.91 Å². The summed E-state index contributed by atoms with van der Waals surface area (Å²) in [6, 6.07) is -0.0301. The summed E-state index contributed by atoms with van der Waals surface area (Å²) in [5.74, 6) is 0. The molecular formula is C8H15NO. The lowest BCUT2D eigenvalue weighted by atomic mass is 10.1. The van der Waals surface area contributed by atoms with Gasteiger partial charge in [0.25, 0.3) is 0 Å². The second-order valence-electron chi connectivity index (χ2n) is 2.43. The Bertz CT molecular complexity index is 101. The Balaban J connectivity index is 3.38. The highest BCUT2D eigenvalue weighted by atomic mass is 16.3. The van der Waals surface area contributed by atoms with Crippen molar-refractivity contribution < 1.29 is 0 Å². The molecule has 0 heterocycles. The third-order valence-electron chi connectivity index (χ3n) is 1.48. The molecule has 0 rings (SSSR count). The Morgan fingerprint density at radius 2 is 2.40 bits per heavy atom. The highest BCUT2D eigenvalue weighted by Gasteiger charge is 2.03. The van der Waals surface area contributed by atoms with Crippen LogP contribution in [0.25, 0.3) is 0 Å². The maximum Gasteiger partial charge on any atom is 0.0953 e. The van der Waals surface area contributed by atoms with E-state index < -0.39 is 0 Å². The van der Waals surface area contributed by atoms with Crippen LogP contribution in [0.15, 0.2) is 17.8 Å². The third kappa shape index (κ3) is 4.24. The first kappa shape index (κ1) is 9.34. The average molecular weight is 141 g/mol. The van der Waals surface area contributed by atoms with Gasteiger partial charge < -0.3 is 0 Å². The van der Waals surface area contributed by atoms with Gasteiger partial charge in [0.05, 0.1) is 6.04 Å². The fourth-order valence-corrected chi connectivity index (χ4v) is 0.846. The van der Waals surface area contributed by atoms with Crippen LogP contribution in [0, 0.1) is 4.91 Å². The molecule has 2 heteroatoms. The first-order valence-electron chi connectivity index (χ1n) is 3.78. The van der Waals surface area contributed by atoms with Crippen molar-refractivity contribution in [2.75, 3.05) is 0 Å².